The third-order valence-corrected chi connectivity index (χ3v) is 9.99. The molecule has 0 saturated carbocycles. The zero-order chi connectivity index (χ0) is 29.0. The Morgan fingerprint density at radius 2 is 0.909 bits per heavy atom. The van der Waals surface area contributed by atoms with Crippen molar-refractivity contribution in [1.29, 1.82) is 0 Å². The highest BCUT2D eigenvalue weighted by molar-refractivity contribution is 7.26. The highest BCUT2D eigenvalue weighted by Crippen LogP contribution is 2.43. The van der Waals surface area contributed by atoms with Crippen LogP contribution in [0.25, 0.3) is 74.7 Å². The van der Waals surface area contributed by atoms with Crippen LogP contribution >= 0.6 is 11.3 Å². The van der Waals surface area contributed by atoms with E-state index < -0.39 is 0 Å². The summed E-state index contributed by atoms with van der Waals surface area (Å²) in [5.74, 6) is 0. The summed E-state index contributed by atoms with van der Waals surface area (Å²) in [5, 5.41) is 14.0. The van der Waals surface area contributed by atoms with Crippen LogP contribution in [0.5, 0.6) is 0 Å². The van der Waals surface area contributed by atoms with E-state index in [2.05, 4.69) is 163 Å². The molecule has 0 fully saturated rings. The topological polar surface area (TPSA) is 12.0 Å². The highest BCUT2D eigenvalue weighted by Gasteiger charge is 2.13. The van der Waals surface area contributed by atoms with Crippen LogP contribution in [-0.2, 0) is 0 Å². The van der Waals surface area contributed by atoms with Gasteiger partial charge in [-0.05, 0) is 97.0 Å². The van der Waals surface area contributed by atoms with Crippen molar-refractivity contribution in [2.45, 2.75) is 0 Å². The molecule has 0 aliphatic carbocycles. The Labute approximate surface area is 259 Å². The fourth-order valence-corrected chi connectivity index (χ4v) is 7.73. The molecular formula is C42H27NS. The Morgan fingerprint density at radius 1 is 0.386 bits per heavy atom. The van der Waals surface area contributed by atoms with Gasteiger partial charge < -0.3 is 5.32 Å². The first-order valence-electron chi connectivity index (χ1n) is 15.0. The summed E-state index contributed by atoms with van der Waals surface area (Å²) in [5.41, 5.74) is 7.16. The van der Waals surface area contributed by atoms with E-state index in [4.69, 9.17) is 0 Å². The van der Waals surface area contributed by atoms with E-state index >= 15 is 0 Å². The highest BCUT2D eigenvalue weighted by atomic mass is 32.1. The van der Waals surface area contributed by atoms with Gasteiger partial charge in [0, 0.05) is 21.2 Å². The molecule has 0 bridgehead atoms. The van der Waals surface area contributed by atoms with Crippen molar-refractivity contribution in [2.75, 3.05) is 5.32 Å². The third kappa shape index (κ3) is 4.23. The second-order valence-electron chi connectivity index (χ2n) is 11.5. The van der Waals surface area contributed by atoms with Crippen molar-refractivity contribution < 1.29 is 0 Å². The molecule has 1 aromatic heterocycles. The van der Waals surface area contributed by atoms with E-state index in [9.17, 15) is 0 Å². The molecule has 2 heteroatoms. The van der Waals surface area contributed by atoms with Gasteiger partial charge in [0.15, 0.2) is 0 Å². The molecule has 9 rings (SSSR count). The molecule has 9 aromatic rings. The largest absolute Gasteiger partial charge is 0.354 e. The lowest BCUT2D eigenvalue weighted by molar-refractivity contribution is 1.58. The number of thiophene rings is 1. The molecule has 1 N–H and O–H groups in total. The van der Waals surface area contributed by atoms with E-state index in [0.29, 0.717) is 0 Å². The quantitative estimate of drug-likeness (QED) is 0.219. The van der Waals surface area contributed by atoms with E-state index in [1.54, 1.807) is 0 Å². The molecule has 0 amide bonds. The van der Waals surface area contributed by atoms with Gasteiger partial charge in [0.05, 0.1) is 10.4 Å². The number of hydrogen-bond donors (Lipinski definition) is 1. The van der Waals surface area contributed by atoms with E-state index in [0.717, 1.165) is 11.4 Å². The fraction of sp³-hybridized carbons (Fsp3) is 0. The van der Waals surface area contributed by atoms with Crippen molar-refractivity contribution >= 4 is 75.2 Å². The van der Waals surface area contributed by atoms with Crippen LogP contribution in [0.2, 0.25) is 0 Å². The van der Waals surface area contributed by atoms with Gasteiger partial charge in [-0.3, -0.25) is 0 Å². The zero-order valence-corrected chi connectivity index (χ0v) is 24.7. The summed E-state index contributed by atoms with van der Waals surface area (Å²) < 4.78 is 2.62. The lowest BCUT2D eigenvalue weighted by atomic mass is 9.96. The zero-order valence-electron chi connectivity index (χ0n) is 23.9. The molecule has 0 atom stereocenters. The molecule has 0 unspecified atom stereocenters. The second kappa shape index (κ2) is 10.1. The lowest BCUT2D eigenvalue weighted by Crippen LogP contribution is -1.91. The predicted molar refractivity (Wildman–Crippen MR) is 192 cm³/mol. The maximum atomic E-state index is 3.75. The molecule has 0 spiro atoms. The molecule has 1 heterocycles. The van der Waals surface area contributed by atoms with Crippen molar-refractivity contribution in [3.8, 4) is 22.3 Å². The summed E-state index contributed by atoms with van der Waals surface area (Å²) in [6.07, 6.45) is 0. The summed E-state index contributed by atoms with van der Waals surface area (Å²) in [4.78, 5) is 0. The molecule has 1 nitrogen and oxygen atoms in total. The smallest absolute Gasteiger partial charge is 0.0596 e. The molecule has 8 aromatic carbocycles. The van der Waals surface area contributed by atoms with Crippen LogP contribution in [-0.4, -0.2) is 0 Å². The molecule has 0 saturated heterocycles. The van der Waals surface area contributed by atoms with Crippen molar-refractivity contribution in [1.82, 2.24) is 0 Å². The SMILES string of the molecule is c1ccc2cc(-c3ccc4cc(-c5ccc(Nc6cc7ccccc7c7c6sc6ccccc67)cc5)ccc4c3)ccc2c1. The Morgan fingerprint density at radius 3 is 1.64 bits per heavy atom. The average molecular weight is 578 g/mol. The minimum Gasteiger partial charge on any atom is -0.354 e. The Kier molecular flexibility index (Phi) is 5.75. The fourth-order valence-electron chi connectivity index (χ4n) is 6.54. The normalized spacial score (nSPS) is 11.6. The van der Waals surface area contributed by atoms with Gasteiger partial charge in [0.1, 0.15) is 0 Å². The number of fused-ring (bicyclic) bond motifs is 7. The third-order valence-electron chi connectivity index (χ3n) is 8.79. The summed E-state index contributed by atoms with van der Waals surface area (Å²) in [7, 11) is 0. The first-order valence-corrected chi connectivity index (χ1v) is 15.8. The Balaban J connectivity index is 1.03. The maximum Gasteiger partial charge on any atom is 0.0596 e. The van der Waals surface area contributed by atoms with Gasteiger partial charge in [-0.25, -0.2) is 0 Å². The summed E-state index contributed by atoms with van der Waals surface area (Å²) in [6, 6.07) is 57.4. The molecule has 206 valence electrons. The summed E-state index contributed by atoms with van der Waals surface area (Å²) >= 11 is 1.86. The molecule has 44 heavy (non-hydrogen) atoms. The van der Waals surface area contributed by atoms with Crippen molar-refractivity contribution in [3.63, 3.8) is 0 Å². The van der Waals surface area contributed by atoms with Gasteiger partial charge in [-0.15, -0.1) is 11.3 Å². The van der Waals surface area contributed by atoms with Crippen LogP contribution in [0.15, 0.2) is 158 Å². The first kappa shape index (κ1) is 25.1. The van der Waals surface area contributed by atoms with Gasteiger partial charge in [-0.1, -0.05) is 115 Å². The maximum absolute atomic E-state index is 3.75. The van der Waals surface area contributed by atoms with Gasteiger partial charge in [0.25, 0.3) is 0 Å². The Hall–Kier alpha value is -5.44. The van der Waals surface area contributed by atoms with E-state index in [1.807, 2.05) is 11.3 Å². The van der Waals surface area contributed by atoms with E-state index in [1.165, 1.54) is 74.7 Å². The van der Waals surface area contributed by atoms with Crippen LogP contribution in [0.1, 0.15) is 0 Å². The van der Waals surface area contributed by atoms with Gasteiger partial charge in [0.2, 0.25) is 0 Å². The van der Waals surface area contributed by atoms with Gasteiger partial charge in [-0.2, -0.15) is 0 Å². The van der Waals surface area contributed by atoms with Crippen LogP contribution < -0.4 is 5.32 Å². The number of nitrogens with one attached hydrogen (secondary N) is 1. The standard InChI is InChI=1S/C42H27NS/c1-2-8-29-23-31(14-13-27(29)7-1)34-18-17-32-24-30(15-16-33(32)25-34)28-19-21-36(22-20-28)43-39-26-35-9-3-4-10-37(35)41-38-11-5-6-12-40(38)44-42(39)41/h1-26,43H. The van der Waals surface area contributed by atoms with Crippen molar-refractivity contribution in [2.24, 2.45) is 0 Å². The van der Waals surface area contributed by atoms with Crippen LogP contribution in [0.3, 0.4) is 0 Å². The molecule has 0 aliphatic rings. The number of anilines is 2. The minimum absolute atomic E-state index is 1.09. The number of rotatable bonds is 4. The number of benzene rings is 8. The van der Waals surface area contributed by atoms with Gasteiger partial charge >= 0.3 is 0 Å². The minimum atomic E-state index is 1.09. The van der Waals surface area contributed by atoms with E-state index in [-0.39, 0.29) is 0 Å². The average Bonchev–Trinajstić information content (AvgIpc) is 3.48. The molecule has 0 radical (unpaired) electrons. The predicted octanol–water partition coefficient (Wildman–Crippen LogP) is 12.6. The second-order valence-corrected chi connectivity index (χ2v) is 12.5. The monoisotopic (exact) mass is 577 g/mol. The number of hydrogen-bond acceptors (Lipinski definition) is 2. The first-order chi connectivity index (χ1) is 21.8. The summed E-state index contributed by atoms with van der Waals surface area (Å²) in [6.45, 7) is 0. The van der Waals surface area contributed by atoms with Crippen molar-refractivity contribution in [3.05, 3.63) is 158 Å². The van der Waals surface area contributed by atoms with Crippen LogP contribution in [0, 0.1) is 0 Å². The Bertz CT molecular complexity index is 2520. The molecule has 0 aliphatic heterocycles. The lowest BCUT2D eigenvalue weighted by Gasteiger charge is -2.12. The van der Waals surface area contributed by atoms with Crippen LogP contribution in [0.4, 0.5) is 11.4 Å². The molecular weight excluding hydrogens is 551 g/mol.